The third kappa shape index (κ3) is 3.18. The van der Waals surface area contributed by atoms with E-state index in [0.29, 0.717) is 17.0 Å². The summed E-state index contributed by atoms with van der Waals surface area (Å²) in [6.07, 6.45) is 3.16. The van der Waals surface area contributed by atoms with Crippen molar-refractivity contribution in [3.63, 3.8) is 0 Å². The highest BCUT2D eigenvalue weighted by Gasteiger charge is 2.60. The van der Waals surface area contributed by atoms with E-state index < -0.39 is 36.9 Å². The van der Waals surface area contributed by atoms with Gasteiger partial charge >= 0.3 is 25.8 Å². The highest BCUT2D eigenvalue weighted by molar-refractivity contribution is 8.03. The molecule has 2 unspecified atom stereocenters. The lowest BCUT2D eigenvalue weighted by atomic mass is 9.48. The second-order valence-corrected chi connectivity index (χ2v) is 10.6. The summed E-state index contributed by atoms with van der Waals surface area (Å²) in [6, 6.07) is 0. The molecule has 4 fully saturated rings. The molecule has 0 spiro atoms. The molecular formula is C12H18F3NO6S2. The van der Waals surface area contributed by atoms with E-state index in [-0.39, 0.29) is 24.9 Å². The molecule has 2 N–H and O–H groups in total. The van der Waals surface area contributed by atoms with Crippen molar-refractivity contribution in [1.29, 1.82) is 0 Å². The van der Waals surface area contributed by atoms with Crippen LogP contribution < -0.4 is 4.13 Å². The molecule has 4 aliphatic rings. The number of rotatable bonds is 5. The van der Waals surface area contributed by atoms with Crippen molar-refractivity contribution in [2.24, 2.45) is 17.3 Å². The maximum Gasteiger partial charge on any atom is 0.512 e. The van der Waals surface area contributed by atoms with Gasteiger partial charge in [0.05, 0.1) is 5.60 Å². The van der Waals surface area contributed by atoms with Crippen LogP contribution in [0.2, 0.25) is 0 Å². The van der Waals surface area contributed by atoms with Gasteiger partial charge < -0.3 is 5.11 Å². The van der Waals surface area contributed by atoms with E-state index in [1.54, 1.807) is 0 Å². The van der Waals surface area contributed by atoms with Crippen molar-refractivity contribution in [3.8, 4) is 0 Å². The van der Waals surface area contributed by atoms with Crippen molar-refractivity contribution in [2.75, 3.05) is 6.61 Å². The summed E-state index contributed by atoms with van der Waals surface area (Å²) >= 11 is 0. The van der Waals surface area contributed by atoms with E-state index in [1.807, 2.05) is 0 Å². The van der Waals surface area contributed by atoms with Gasteiger partial charge in [0.2, 0.25) is 0 Å². The SMILES string of the molecule is O=S(=O)(NS(=O)(=O)C(F)(F)F)OC12CC3CC(CC(CO)(C3)C1)C2. The summed E-state index contributed by atoms with van der Waals surface area (Å²) in [6.45, 7) is -0.153. The molecule has 0 radical (unpaired) electrons. The summed E-state index contributed by atoms with van der Waals surface area (Å²) in [5.74, 6) is 0.237. The van der Waals surface area contributed by atoms with Crippen molar-refractivity contribution < 1.29 is 39.3 Å². The molecule has 24 heavy (non-hydrogen) atoms. The van der Waals surface area contributed by atoms with Crippen LogP contribution in [0.15, 0.2) is 0 Å². The Hall–Kier alpha value is -0.430. The lowest BCUT2D eigenvalue weighted by Crippen LogP contribution is -2.59. The number of halogens is 3. The number of alkyl halides is 3. The Labute approximate surface area is 137 Å². The number of sulfonamides is 1. The van der Waals surface area contributed by atoms with Crippen LogP contribution in [0.4, 0.5) is 13.2 Å². The minimum absolute atomic E-state index is 0.118. The fourth-order valence-electron chi connectivity index (χ4n) is 5.08. The molecule has 4 bridgehead atoms. The second kappa shape index (κ2) is 5.29. The normalized spacial score (nSPS) is 39.3. The molecule has 4 aliphatic carbocycles. The van der Waals surface area contributed by atoms with Crippen LogP contribution >= 0.6 is 0 Å². The van der Waals surface area contributed by atoms with Crippen molar-refractivity contribution in [2.45, 2.75) is 49.6 Å². The number of nitrogens with one attached hydrogen (secondary N) is 1. The number of hydrogen-bond acceptors (Lipinski definition) is 6. The molecule has 140 valence electrons. The van der Waals surface area contributed by atoms with Crippen LogP contribution in [0.25, 0.3) is 0 Å². The monoisotopic (exact) mass is 393 g/mol. The Morgan fingerprint density at radius 2 is 1.62 bits per heavy atom. The summed E-state index contributed by atoms with van der Waals surface area (Å²) in [7, 11) is -11.2. The van der Waals surface area contributed by atoms with Gasteiger partial charge in [-0.25, -0.2) is 8.42 Å². The highest BCUT2D eigenvalue weighted by Crippen LogP contribution is 2.62. The van der Waals surface area contributed by atoms with E-state index >= 15 is 0 Å². The van der Waals surface area contributed by atoms with Gasteiger partial charge in [0.15, 0.2) is 0 Å². The second-order valence-electron chi connectivity index (χ2n) is 7.37. The molecular weight excluding hydrogens is 375 g/mol. The highest BCUT2D eigenvalue weighted by atomic mass is 32.3. The lowest BCUT2D eigenvalue weighted by molar-refractivity contribution is -0.160. The van der Waals surface area contributed by atoms with E-state index in [9.17, 15) is 35.1 Å². The minimum Gasteiger partial charge on any atom is -0.396 e. The van der Waals surface area contributed by atoms with Gasteiger partial charge in [-0.1, -0.05) is 4.13 Å². The van der Waals surface area contributed by atoms with Crippen molar-refractivity contribution in [3.05, 3.63) is 0 Å². The number of hydrogen-bond donors (Lipinski definition) is 2. The molecule has 0 aliphatic heterocycles. The molecule has 0 amide bonds. The maximum absolute atomic E-state index is 12.4. The van der Waals surface area contributed by atoms with Crippen molar-refractivity contribution >= 4 is 20.3 Å². The summed E-state index contributed by atoms with van der Waals surface area (Å²) in [5.41, 5.74) is -7.50. The molecule has 2 atom stereocenters. The van der Waals surface area contributed by atoms with Crippen molar-refractivity contribution in [1.82, 2.24) is 4.13 Å². The molecule has 7 nitrogen and oxygen atoms in total. The fraction of sp³-hybridized carbons (Fsp3) is 1.00. The molecule has 4 rings (SSSR count). The predicted octanol–water partition coefficient (Wildman–Crippen LogP) is 1.02. The molecule has 0 aromatic carbocycles. The van der Waals surface area contributed by atoms with Crippen LogP contribution in [-0.4, -0.2) is 39.7 Å². The Balaban J connectivity index is 1.83. The van der Waals surface area contributed by atoms with E-state index in [1.165, 1.54) is 0 Å². The van der Waals surface area contributed by atoms with Gasteiger partial charge in [-0.3, -0.25) is 4.18 Å². The Kier molecular flexibility index (Phi) is 4.04. The van der Waals surface area contributed by atoms with Crippen LogP contribution in [-0.2, 0) is 24.5 Å². The Morgan fingerprint density at radius 1 is 1.08 bits per heavy atom. The quantitative estimate of drug-likeness (QED) is 0.722. The van der Waals surface area contributed by atoms with Gasteiger partial charge in [-0.15, -0.1) is 0 Å². The van der Waals surface area contributed by atoms with Gasteiger partial charge in [-0.2, -0.15) is 21.6 Å². The molecule has 0 aromatic rings. The molecule has 12 heteroatoms. The van der Waals surface area contributed by atoms with E-state index in [0.717, 1.165) is 19.3 Å². The zero-order chi connectivity index (χ0) is 18.0. The van der Waals surface area contributed by atoms with Gasteiger partial charge in [0, 0.05) is 6.61 Å². The van der Waals surface area contributed by atoms with Crippen LogP contribution in [0.3, 0.4) is 0 Å². The maximum atomic E-state index is 12.4. The average molecular weight is 393 g/mol. The van der Waals surface area contributed by atoms with Gasteiger partial charge in [-0.05, 0) is 55.8 Å². The standard InChI is InChI=1S/C12H18F3NO6S2/c13-12(14,15)23(18,19)16-24(20,21)22-11-4-8-1-9(5-11)3-10(2-8,6-11)7-17/h8-9,16-17H,1-7H2. The Bertz CT molecular complexity index is 718. The third-order valence-electron chi connectivity index (χ3n) is 5.27. The van der Waals surface area contributed by atoms with E-state index in [2.05, 4.69) is 0 Å². The number of aliphatic hydroxyl groups excluding tert-OH is 1. The summed E-state index contributed by atoms with van der Waals surface area (Å²) < 4.78 is 88.6. The first-order valence-electron chi connectivity index (χ1n) is 7.46. The van der Waals surface area contributed by atoms with E-state index in [4.69, 9.17) is 4.18 Å². The zero-order valence-electron chi connectivity index (χ0n) is 12.5. The molecule has 0 heterocycles. The lowest BCUT2D eigenvalue weighted by Gasteiger charge is -2.60. The molecule has 4 saturated carbocycles. The zero-order valence-corrected chi connectivity index (χ0v) is 14.2. The van der Waals surface area contributed by atoms with Gasteiger partial charge in [0.1, 0.15) is 0 Å². The van der Waals surface area contributed by atoms with Gasteiger partial charge in [0.25, 0.3) is 0 Å². The minimum atomic E-state index is -6.07. The van der Waals surface area contributed by atoms with Crippen LogP contribution in [0.5, 0.6) is 0 Å². The molecule has 0 aromatic heterocycles. The first kappa shape index (κ1) is 18.4. The predicted molar refractivity (Wildman–Crippen MR) is 75.0 cm³/mol. The topological polar surface area (TPSA) is 110 Å². The Morgan fingerprint density at radius 3 is 2.08 bits per heavy atom. The smallest absolute Gasteiger partial charge is 0.396 e. The average Bonchev–Trinajstić information content (AvgIpc) is 2.32. The fourth-order valence-corrected chi connectivity index (χ4v) is 7.33. The summed E-state index contributed by atoms with van der Waals surface area (Å²) in [5, 5.41) is 9.67. The first-order chi connectivity index (χ1) is 10.8. The number of aliphatic hydroxyl groups is 1. The largest absolute Gasteiger partial charge is 0.512 e. The molecule has 0 saturated heterocycles. The summed E-state index contributed by atoms with van der Waals surface area (Å²) in [4.78, 5) is 0. The third-order valence-corrected chi connectivity index (χ3v) is 8.14. The van der Waals surface area contributed by atoms with Crippen LogP contribution in [0.1, 0.15) is 38.5 Å². The first-order valence-corrected chi connectivity index (χ1v) is 10.3. The van der Waals surface area contributed by atoms with Crippen LogP contribution in [0, 0.1) is 17.3 Å².